The maximum absolute atomic E-state index is 12.9. The van der Waals surface area contributed by atoms with Crippen molar-refractivity contribution >= 4 is 17.2 Å². The Labute approximate surface area is 124 Å². The number of piperidine rings is 1. The number of fused-ring (bicyclic) bond motifs is 1. The van der Waals surface area contributed by atoms with E-state index >= 15 is 0 Å². The maximum atomic E-state index is 12.9. The van der Waals surface area contributed by atoms with Crippen LogP contribution in [0.5, 0.6) is 0 Å². The minimum absolute atomic E-state index is 0.0454. The Morgan fingerprint density at radius 2 is 2.14 bits per heavy atom. The van der Waals surface area contributed by atoms with E-state index in [0.717, 1.165) is 31.6 Å². The van der Waals surface area contributed by atoms with Crippen molar-refractivity contribution in [1.29, 1.82) is 0 Å². The zero-order chi connectivity index (χ0) is 15.3. The highest BCUT2D eigenvalue weighted by Crippen LogP contribution is 2.35. The zero-order valence-electron chi connectivity index (χ0n) is 11.3. The average Bonchev–Trinajstić information content (AvgIpc) is 2.83. The van der Waals surface area contributed by atoms with E-state index in [9.17, 15) is 13.2 Å². The van der Waals surface area contributed by atoms with Crippen molar-refractivity contribution in [1.82, 2.24) is 19.9 Å². The molecule has 0 aromatic carbocycles. The first kappa shape index (κ1) is 14.6. The van der Waals surface area contributed by atoms with Gasteiger partial charge in [0.15, 0.2) is 5.65 Å². The summed E-state index contributed by atoms with van der Waals surface area (Å²) in [5.41, 5.74) is -0.898. The van der Waals surface area contributed by atoms with E-state index in [1.54, 1.807) is 0 Å². The van der Waals surface area contributed by atoms with Crippen LogP contribution in [0, 0.1) is 0 Å². The van der Waals surface area contributed by atoms with Crippen LogP contribution in [0.4, 0.5) is 13.2 Å². The Balaban J connectivity index is 2.18. The first-order valence-corrected chi connectivity index (χ1v) is 7.02. The number of hydrogen-bond donors (Lipinski definition) is 1. The molecule has 0 aliphatic carbocycles. The summed E-state index contributed by atoms with van der Waals surface area (Å²) in [6.45, 7) is 3.53. The quantitative estimate of drug-likeness (QED) is 0.879. The van der Waals surface area contributed by atoms with Gasteiger partial charge in [-0.2, -0.15) is 13.2 Å². The van der Waals surface area contributed by atoms with Gasteiger partial charge in [0, 0.05) is 18.2 Å². The number of halogens is 4. The molecule has 8 heteroatoms. The highest BCUT2D eigenvalue weighted by Gasteiger charge is 2.36. The molecule has 114 valence electrons. The molecule has 1 fully saturated rings. The van der Waals surface area contributed by atoms with Crippen LogP contribution in [-0.2, 0) is 11.6 Å². The van der Waals surface area contributed by atoms with Gasteiger partial charge in [-0.3, -0.25) is 4.40 Å². The highest BCUT2D eigenvalue weighted by atomic mass is 35.5. The molecule has 3 rings (SSSR count). The molecule has 0 bridgehead atoms. The minimum Gasteiger partial charge on any atom is -0.316 e. The van der Waals surface area contributed by atoms with E-state index in [2.05, 4.69) is 15.5 Å². The molecule has 1 unspecified atom stereocenters. The summed E-state index contributed by atoms with van der Waals surface area (Å²) < 4.78 is 40.2. The molecule has 4 nitrogen and oxygen atoms in total. The highest BCUT2D eigenvalue weighted by molar-refractivity contribution is 6.33. The maximum Gasteiger partial charge on any atom is 0.417 e. The van der Waals surface area contributed by atoms with Crippen LogP contribution < -0.4 is 5.32 Å². The topological polar surface area (TPSA) is 42.2 Å². The Kier molecular flexibility index (Phi) is 3.37. The molecule has 0 saturated carbocycles. The standard InChI is InChI=1S/C13H14ClF3N4/c1-12(3-2-4-18-7-12)11-20-19-10-9(14)5-8(6-21(10)11)13(15,16)17/h5-6,18H,2-4,7H2,1H3. The lowest BCUT2D eigenvalue weighted by Crippen LogP contribution is -2.42. The van der Waals surface area contributed by atoms with E-state index in [4.69, 9.17) is 11.6 Å². The largest absolute Gasteiger partial charge is 0.417 e. The Hall–Kier alpha value is -1.34. The Morgan fingerprint density at radius 1 is 1.38 bits per heavy atom. The molecule has 0 amide bonds. The summed E-state index contributed by atoms with van der Waals surface area (Å²) in [6.07, 6.45) is -1.64. The molecule has 2 aromatic heterocycles. The van der Waals surface area contributed by atoms with E-state index < -0.39 is 11.7 Å². The fourth-order valence-corrected chi connectivity index (χ4v) is 3.01. The molecule has 0 radical (unpaired) electrons. The normalized spacial score (nSPS) is 23.7. The van der Waals surface area contributed by atoms with Gasteiger partial charge in [-0.05, 0) is 25.5 Å². The second-order valence-electron chi connectivity index (χ2n) is 5.63. The molecule has 1 aliphatic rings. The molecule has 21 heavy (non-hydrogen) atoms. The second-order valence-corrected chi connectivity index (χ2v) is 6.04. The summed E-state index contributed by atoms with van der Waals surface area (Å²) >= 11 is 5.93. The molecule has 1 saturated heterocycles. The van der Waals surface area contributed by atoms with Gasteiger partial charge in [0.25, 0.3) is 0 Å². The molecule has 1 aliphatic heterocycles. The monoisotopic (exact) mass is 318 g/mol. The average molecular weight is 319 g/mol. The number of aromatic nitrogens is 3. The first-order chi connectivity index (χ1) is 9.81. The third-order valence-corrected chi connectivity index (χ3v) is 4.20. The summed E-state index contributed by atoms with van der Waals surface area (Å²) in [4.78, 5) is 0. The molecular formula is C13H14ClF3N4. The minimum atomic E-state index is -4.45. The summed E-state index contributed by atoms with van der Waals surface area (Å²) in [5, 5.41) is 11.2. The Morgan fingerprint density at radius 3 is 2.76 bits per heavy atom. The van der Waals surface area contributed by atoms with Crippen molar-refractivity contribution in [2.75, 3.05) is 13.1 Å². The van der Waals surface area contributed by atoms with Crippen molar-refractivity contribution in [2.45, 2.75) is 31.4 Å². The molecule has 1 N–H and O–H groups in total. The van der Waals surface area contributed by atoms with Gasteiger partial charge in [-0.1, -0.05) is 18.5 Å². The van der Waals surface area contributed by atoms with Gasteiger partial charge >= 0.3 is 6.18 Å². The summed E-state index contributed by atoms with van der Waals surface area (Å²) in [7, 11) is 0. The van der Waals surface area contributed by atoms with E-state index in [-0.39, 0.29) is 16.1 Å². The Bertz CT molecular complexity index is 674. The number of alkyl halides is 3. The fraction of sp³-hybridized carbons (Fsp3) is 0.538. The lowest BCUT2D eigenvalue weighted by Gasteiger charge is -2.32. The SMILES string of the molecule is CC1(c2nnc3c(Cl)cc(C(F)(F)F)cn23)CCCNC1. The molecule has 0 spiro atoms. The van der Waals surface area contributed by atoms with E-state index in [1.165, 1.54) is 4.40 Å². The van der Waals surface area contributed by atoms with Crippen LogP contribution in [0.15, 0.2) is 12.3 Å². The smallest absolute Gasteiger partial charge is 0.316 e. The van der Waals surface area contributed by atoms with Gasteiger partial charge in [-0.25, -0.2) is 0 Å². The van der Waals surface area contributed by atoms with Crippen molar-refractivity contribution in [3.05, 3.63) is 28.7 Å². The van der Waals surface area contributed by atoms with Gasteiger partial charge in [0.1, 0.15) is 5.82 Å². The summed E-state index contributed by atoms with van der Waals surface area (Å²) in [5.74, 6) is 0.512. The van der Waals surface area contributed by atoms with Crippen LogP contribution in [0.3, 0.4) is 0 Å². The van der Waals surface area contributed by atoms with E-state index in [0.29, 0.717) is 12.4 Å². The predicted octanol–water partition coefficient (Wildman–Crippen LogP) is 3.04. The van der Waals surface area contributed by atoms with Gasteiger partial charge in [-0.15, -0.1) is 10.2 Å². The lowest BCUT2D eigenvalue weighted by atomic mass is 9.82. The van der Waals surface area contributed by atoms with Crippen LogP contribution in [-0.4, -0.2) is 27.7 Å². The van der Waals surface area contributed by atoms with Crippen molar-refractivity contribution in [3.63, 3.8) is 0 Å². The molecule has 3 heterocycles. The second kappa shape index (κ2) is 4.84. The number of pyridine rings is 1. The molecular weight excluding hydrogens is 305 g/mol. The third-order valence-electron chi connectivity index (χ3n) is 3.92. The summed E-state index contributed by atoms with van der Waals surface area (Å²) in [6, 6.07) is 0.886. The lowest BCUT2D eigenvalue weighted by molar-refractivity contribution is -0.137. The number of nitrogens with one attached hydrogen (secondary N) is 1. The first-order valence-electron chi connectivity index (χ1n) is 6.64. The zero-order valence-corrected chi connectivity index (χ0v) is 12.1. The van der Waals surface area contributed by atoms with E-state index in [1.807, 2.05) is 6.92 Å². The molecule has 2 aromatic rings. The van der Waals surface area contributed by atoms with Crippen LogP contribution in [0.2, 0.25) is 5.02 Å². The number of hydrogen-bond acceptors (Lipinski definition) is 3. The predicted molar refractivity (Wildman–Crippen MR) is 72.5 cm³/mol. The number of nitrogens with zero attached hydrogens (tertiary/aromatic N) is 3. The van der Waals surface area contributed by atoms with Gasteiger partial charge < -0.3 is 5.32 Å². The van der Waals surface area contributed by atoms with Gasteiger partial charge in [0.2, 0.25) is 0 Å². The fourth-order valence-electron chi connectivity index (χ4n) is 2.77. The van der Waals surface area contributed by atoms with Crippen molar-refractivity contribution < 1.29 is 13.2 Å². The number of rotatable bonds is 1. The third kappa shape index (κ3) is 2.48. The van der Waals surface area contributed by atoms with Crippen LogP contribution in [0.25, 0.3) is 5.65 Å². The molecule has 1 atom stereocenters. The van der Waals surface area contributed by atoms with Crippen molar-refractivity contribution in [2.24, 2.45) is 0 Å². The van der Waals surface area contributed by atoms with Crippen molar-refractivity contribution in [3.8, 4) is 0 Å². The van der Waals surface area contributed by atoms with Crippen LogP contribution >= 0.6 is 11.6 Å². The van der Waals surface area contributed by atoms with Gasteiger partial charge in [0.05, 0.1) is 10.6 Å². The van der Waals surface area contributed by atoms with Crippen LogP contribution in [0.1, 0.15) is 31.2 Å².